The molecule has 112 valence electrons. The minimum Gasteiger partial charge on any atom is -0.448 e. The summed E-state index contributed by atoms with van der Waals surface area (Å²) in [6, 6.07) is 3.57. The van der Waals surface area contributed by atoms with Crippen LogP contribution in [0.3, 0.4) is 0 Å². The Morgan fingerprint density at radius 1 is 1.41 bits per heavy atom. The zero-order valence-electron chi connectivity index (χ0n) is 11.8. The van der Waals surface area contributed by atoms with Crippen molar-refractivity contribution in [1.29, 1.82) is 0 Å². The van der Waals surface area contributed by atoms with Crippen LogP contribution in [0.2, 0.25) is 0 Å². The van der Waals surface area contributed by atoms with Gasteiger partial charge < -0.3 is 9.26 Å². The number of carbonyl (C=O) groups excluding carboxylic acids is 1. The molecule has 0 amide bonds. The molecule has 9 nitrogen and oxygen atoms in total. The first-order chi connectivity index (χ1) is 10.6. The second-order valence-electron chi connectivity index (χ2n) is 4.50. The lowest BCUT2D eigenvalue weighted by molar-refractivity contribution is 0.0257. The molecule has 1 unspecified atom stereocenters. The molecule has 3 heterocycles. The highest BCUT2D eigenvalue weighted by atomic mass is 16.6. The Morgan fingerprint density at radius 2 is 2.27 bits per heavy atom. The molecule has 3 aromatic heterocycles. The Kier molecular flexibility index (Phi) is 3.60. The van der Waals surface area contributed by atoms with E-state index in [0.29, 0.717) is 17.1 Å². The Balaban J connectivity index is 1.73. The van der Waals surface area contributed by atoms with Crippen molar-refractivity contribution in [3.63, 3.8) is 0 Å². The molecule has 0 saturated heterocycles. The number of aromatic amines is 1. The summed E-state index contributed by atoms with van der Waals surface area (Å²) < 4.78 is 10.4. The van der Waals surface area contributed by atoms with Crippen molar-refractivity contribution in [2.24, 2.45) is 0 Å². The summed E-state index contributed by atoms with van der Waals surface area (Å²) in [5, 5.41) is 13.7. The van der Waals surface area contributed by atoms with Gasteiger partial charge in [0.15, 0.2) is 11.8 Å². The van der Waals surface area contributed by atoms with E-state index in [0.717, 1.165) is 0 Å². The van der Waals surface area contributed by atoms with Gasteiger partial charge in [-0.25, -0.2) is 4.79 Å². The van der Waals surface area contributed by atoms with E-state index in [1.807, 2.05) is 0 Å². The molecule has 0 bridgehead atoms. The third kappa shape index (κ3) is 2.68. The topological polar surface area (TPSA) is 120 Å². The van der Waals surface area contributed by atoms with Crippen LogP contribution >= 0.6 is 0 Å². The van der Waals surface area contributed by atoms with Crippen molar-refractivity contribution in [1.82, 2.24) is 30.5 Å². The maximum Gasteiger partial charge on any atom is 0.361 e. The highest BCUT2D eigenvalue weighted by molar-refractivity contribution is 5.88. The zero-order chi connectivity index (χ0) is 15.5. The number of H-pyrrole nitrogens is 1. The van der Waals surface area contributed by atoms with Crippen molar-refractivity contribution in [2.45, 2.75) is 20.0 Å². The summed E-state index contributed by atoms with van der Waals surface area (Å²) in [4.78, 5) is 20.1. The van der Waals surface area contributed by atoms with E-state index >= 15 is 0 Å². The fourth-order valence-corrected chi connectivity index (χ4v) is 1.76. The predicted molar refractivity (Wildman–Crippen MR) is 72.5 cm³/mol. The van der Waals surface area contributed by atoms with Gasteiger partial charge in [0, 0.05) is 18.0 Å². The predicted octanol–water partition coefficient (Wildman–Crippen LogP) is 1.48. The van der Waals surface area contributed by atoms with Crippen molar-refractivity contribution in [2.75, 3.05) is 0 Å². The summed E-state index contributed by atoms with van der Waals surface area (Å²) in [6.07, 6.45) is 2.56. The summed E-state index contributed by atoms with van der Waals surface area (Å²) in [5.41, 5.74) is 1.29. The normalized spacial score (nSPS) is 12.1. The van der Waals surface area contributed by atoms with Gasteiger partial charge in [-0.05, 0) is 26.0 Å². The number of hydrogen-bond acceptors (Lipinski definition) is 8. The molecule has 1 N–H and O–H groups in total. The molecule has 3 aromatic rings. The first kappa shape index (κ1) is 13.9. The van der Waals surface area contributed by atoms with Gasteiger partial charge in [-0.3, -0.25) is 4.98 Å². The average molecular weight is 300 g/mol. The van der Waals surface area contributed by atoms with Crippen molar-refractivity contribution < 1.29 is 14.1 Å². The van der Waals surface area contributed by atoms with Gasteiger partial charge in [0.25, 0.3) is 5.89 Å². The first-order valence-electron chi connectivity index (χ1n) is 6.47. The maximum absolute atomic E-state index is 11.9. The molecular formula is C13H12N6O3. The minimum atomic E-state index is -0.707. The lowest BCUT2D eigenvalue weighted by atomic mass is 10.3. The number of ether oxygens (including phenoxy) is 1. The van der Waals surface area contributed by atoms with Gasteiger partial charge in [0.05, 0.1) is 5.69 Å². The standard InChI is InChI=1S/C13H12N6O3/c1-7-10(17-19-16-7)13(20)21-8(2)12-15-11(18-22-12)9-4-3-5-14-6-9/h3-6,8H,1-2H3,(H,16,17,19). The van der Waals surface area contributed by atoms with E-state index < -0.39 is 12.1 Å². The molecule has 0 saturated carbocycles. The van der Waals surface area contributed by atoms with Crippen LogP contribution in [-0.2, 0) is 4.74 Å². The number of hydrogen-bond donors (Lipinski definition) is 1. The molecule has 22 heavy (non-hydrogen) atoms. The van der Waals surface area contributed by atoms with Crippen LogP contribution < -0.4 is 0 Å². The van der Waals surface area contributed by atoms with E-state index in [9.17, 15) is 4.79 Å². The molecule has 3 rings (SSSR count). The Bertz CT molecular complexity index is 782. The number of nitrogens with zero attached hydrogens (tertiary/aromatic N) is 5. The Morgan fingerprint density at radius 3 is 2.95 bits per heavy atom. The SMILES string of the molecule is Cc1n[nH]nc1C(=O)OC(C)c1nc(-c2cccnc2)no1. The number of nitrogens with one attached hydrogen (secondary N) is 1. The van der Waals surface area contributed by atoms with Crippen LogP contribution in [-0.4, -0.2) is 36.5 Å². The third-order valence-electron chi connectivity index (χ3n) is 2.91. The van der Waals surface area contributed by atoms with Gasteiger partial charge >= 0.3 is 5.97 Å². The second kappa shape index (κ2) is 5.72. The largest absolute Gasteiger partial charge is 0.448 e. The molecule has 0 aliphatic heterocycles. The van der Waals surface area contributed by atoms with Gasteiger partial charge in [0.2, 0.25) is 5.82 Å². The van der Waals surface area contributed by atoms with Crippen LogP contribution in [0.25, 0.3) is 11.4 Å². The van der Waals surface area contributed by atoms with E-state index in [1.165, 1.54) is 0 Å². The molecule has 0 aliphatic rings. The number of aryl methyl sites for hydroxylation is 1. The third-order valence-corrected chi connectivity index (χ3v) is 2.91. The smallest absolute Gasteiger partial charge is 0.361 e. The summed E-state index contributed by atoms with van der Waals surface area (Å²) in [5.74, 6) is -0.0446. The van der Waals surface area contributed by atoms with Crippen molar-refractivity contribution in [3.8, 4) is 11.4 Å². The quantitative estimate of drug-likeness (QED) is 0.719. The van der Waals surface area contributed by atoms with Gasteiger partial charge in [0.1, 0.15) is 0 Å². The van der Waals surface area contributed by atoms with Gasteiger partial charge in [-0.15, -0.1) is 5.10 Å². The van der Waals surface area contributed by atoms with E-state index in [2.05, 4.69) is 30.5 Å². The van der Waals surface area contributed by atoms with Crippen LogP contribution in [0.5, 0.6) is 0 Å². The van der Waals surface area contributed by atoms with Crippen molar-refractivity contribution in [3.05, 3.63) is 41.8 Å². The van der Waals surface area contributed by atoms with Crippen LogP contribution in [0.1, 0.15) is 35.1 Å². The summed E-state index contributed by atoms with van der Waals surface area (Å²) >= 11 is 0. The summed E-state index contributed by atoms with van der Waals surface area (Å²) in [7, 11) is 0. The Labute approximate surface area is 124 Å². The molecule has 0 radical (unpaired) electrons. The number of aromatic nitrogens is 6. The number of rotatable bonds is 4. The van der Waals surface area contributed by atoms with E-state index in [1.54, 1.807) is 38.4 Å². The lowest BCUT2D eigenvalue weighted by Crippen LogP contribution is -2.11. The Hall–Kier alpha value is -3.10. The van der Waals surface area contributed by atoms with Gasteiger partial charge in [-0.2, -0.15) is 15.3 Å². The van der Waals surface area contributed by atoms with Crippen LogP contribution in [0, 0.1) is 6.92 Å². The molecule has 9 heteroatoms. The first-order valence-corrected chi connectivity index (χ1v) is 6.47. The van der Waals surface area contributed by atoms with E-state index in [-0.39, 0.29) is 11.6 Å². The molecule has 0 fully saturated rings. The highest BCUT2D eigenvalue weighted by Gasteiger charge is 2.22. The molecule has 0 aromatic carbocycles. The van der Waals surface area contributed by atoms with E-state index in [4.69, 9.17) is 9.26 Å². The molecule has 0 spiro atoms. The maximum atomic E-state index is 11.9. The number of esters is 1. The molecule has 0 aliphatic carbocycles. The van der Waals surface area contributed by atoms with Crippen molar-refractivity contribution >= 4 is 5.97 Å². The molecular weight excluding hydrogens is 288 g/mol. The fraction of sp³-hybridized carbons (Fsp3) is 0.231. The molecule has 1 atom stereocenters. The zero-order valence-corrected chi connectivity index (χ0v) is 11.8. The van der Waals surface area contributed by atoms with Crippen LogP contribution in [0.4, 0.5) is 0 Å². The van der Waals surface area contributed by atoms with Crippen LogP contribution in [0.15, 0.2) is 29.0 Å². The minimum absolute atomic E-state index is 0.124. The summed E-state index contributed by atoms with van der Waals surface area (Å²) in [6.45, 7) is 3.28. The number of pyridine rings is 1. The average Bonchev–Trinajstić information content (AvgIpc) is 3.17. The number of carbonyl (C=O) groups is 1. The fourth-order valence-electron chi connectivity index (χ4n) is 1.76. The highest BCUT2D eigenvalue weighted by Crippen LogP contribution is 2.20. The second-order valence-corrected chi connectivity index (χ2v) is 4.50. The lowest BCUT2D eigenvalue weighted by Gasteiger charge is -2.07. The van der Waals surface area contributed by atoms with Gasteiger partial charge in [-0.1, -0.05) is 5.16 Å². The monoisotopic (exact) mass is 300 g/mol.